The Balaban J connectivity index is 3.51. The number of amides is 2. The van der Waals surface area contributed by atoms with E-state index in [1.54, 1.807) is 0 Å². The fourth-order valence-electron chi connectivity index (χ4n) is 2.15. The van der Waals surface area contributed by atoms with Crippen LogP contribution in [0.3, 0.4) is 0 Å². The van der Waals surface area contributed by atoms with Gasteiger partial charge in [0, 0.05) is 25.0 Å². The summed E-state index contributed by atoms with van der Waals surface area (Å²) in [6.07, 6.45) is 4.89. The van der Waals surface area contributed by atoms with E-state index in [0.29, 0.717) is 12.8 Å². The highest BCUT2D eigenvalue weighted by molar-refractivity contribution is 5.84. The first kappa shape index (κ1) is 32.2. The van der Waals surface area contributed by atoms with E-state index in [1.165, 1.54) is 0 Å². The molecule has 0 aliphatic heterocycles. The van der Waals surface area contributed by atoms with Crippen molar-refractivity contribution in [3.05, 3.63) is 25.3 Å². The van der Waals surface area contributed by atoms with Gasteiger partial charge >= 0.3 is 23.9 Å². The lowest BCUT2D eigenvalue weighted by Gasteiger charge is -2.08. The first-order valence-corrected chi connectivity index (χ1v) is 11.0. The number of esters is 4. The van der Waals surface area contributed by atoms with E-state index >= 15 is 0 Å². The van der Waals surface area contributed by atoms with Gasteiger partial charge in [-0.3, -0.25) is 19.3 Å². The number of hydroxylamine groups is 2. The van der Waals surface area contributed by atoms with Gasteiger partial charge in [-0.2, -0.15) is 0 Å². The molecule has 14 heteroatoms. The number of unbranched alkanes of at least 4 members (excludes halogenated alkanes) is 3. The maximum atomic E-state index is 11.6. The van der Waals surface area contributed by atoms with Crippen LogP contribution in [0.4, 0.5) is 0 Å². The van der Waals surface area contributed by atoms with Crippen LogP contribution in [-0.4, -0.2) is 75.3 Å². The Hall–Kier alpha value is -3.78. The lowest BCUT2D eigenvalue weighted by molar-refractivity contribution is -0.158. The van der Waals surface area contributed by atoms with Gasteiger partial charge in [-0.25, -0.2) is 30.1 Å². The number of hydrogen-bond acceptors (Lipinski definition) is 12. The SMILES string of the molecule is C=CC(=O)OCC(=O)OCCONC(=O)CCCCCCC(=O)NOCCOC(=O)COC(=O)C=C. The van der Waals surface area contributed by atoms with Crippen LogP contribution >= 0.6 is 0 Å². The number of nitrogens with one attached hydrogen (secondary N) is 2. The summed E-state index contributed by atoms with van der Waals surface area (Å²) in [4.78, 5) is 77.1. The molecule has 0 aromatic heterocycles. The molecule has 0 aliphatic carbocycles. The van der Waals surface area contributed by atoms with Gasteiger partial charge in [0.15, 0.2) is 13.2 Å². The van der Waals surface area contributed by atoms with Crippen LogP contribution in [0, 0.1) is 0 Å². The van der Waals surface area contributed by atoms with Crippen LogP contribution in [0.25, 0.3) is 0 Å². The molecule has 0 radical (unpaired) electrons. The predicted molar refractivity (Wildman–Crippen MR) is 120 cm³/mol. The summed E-state index contributed by atoms with van der Waals surface area (Å²) in [5.41, 5.74) is 4.43. The van der Waals surface area contributed by atoms with E-state index in [0.717, 1.165) is 25.0 Å². The van der Waals surface area contributed by atoms with Crippen LogP contribution in [0.5, 0.6) is 0 Å². The molecule has 0 bridgehead atoms. The van der Waals surface area contributed by atoms with Crippen molar-refractivity contribution in [3.8, 4) is 0 Å². The number of carbonyl (C=O) groups excluding carboxylic acids is 6. The second kappa shape index (κ2) is 21.7. The van der Waals surface area contributed by atoms with Gasteiger partial charge in [0.2, 0.25) is 11.8 Å². The summed E-state index contributed by atoms with van der Waals surface area (Å²) in [5, 5.41) is 0. The summed E-state index contributed by atoms with van der Waals surface area (Å²) < 4.78 is 18.4. The molecule has 14 nitrogen and oxygen atoms in total. The van der Waals surface area contributed by atoms with Crippen molar-refractivity contribution < 1.29 is 57.4 Å². The van der Waals surface area contributed by atoms with Crippen LogP contribution < -0.4 is 11.0 Å². The van der Waals surface area contributed by atoms with Crippen molar-refractivity contribution in [3.63, 3.8) is 0 Å². The molecule has 0 aromatic carbocycles. The highest BCUT2D eigenvalue weighted by Gasteiger charge is 2.08. The summed E-state index contributed by atoms with van der Waals surface area (Å²) in [6, 6.07) is 0. The molecule has 2 N–H and O–H groups in total. The molecule has 0 fully saturated rings. The second-order valence-electron chi connectivity index (χ2n) is 6.73. The normalized spacial score (nSPS) is 9.89. The minimum Gasteiger partial charge on any atom is -0.461 e. The van der Waals surface area contributed by atoms with Crippen LogP contribution in [0.1, 0.15) is 38.5 Å². The molecule has 0 rings (SSSR count). The van der Waals surface area contributed by atoms with Crippen LogP contribution in [0.15, 0.2) is 25.3 Å². The fourth-order valence-corrected chi connectivity index (χ4v) is 2.15. The van der Waals surface area contributed by atoms with Crippen molar-refractivity contribution in [2.24, 2.45) is 0 Å². The Morgan fingerprint density at radius 3 is 1.31 bits per heavy atom. The van der Waals surface area contributed by atoms with Gasteiger partial charge in [-0.05, 0) is 12.8 Å². The van der Waals surface area contributed by atoms with E-state index in [-0.39, 0.29) is 51.1 Å². The zero-order chi connectivity index (χ0) is 27.0. The molecule has 0 saturated carbocycles. The average molecular weight is 517 g/mol. The number of ether oxygens (including phenoxy) is 4. The van der Waals surface area contributed by atoms with Gasteiger partial charge in [0.05, 0.1) is 0 Å². The third-order valence-electron chi connectivity index (χ3n) is 3.82. The van der Waals surface area contributed by atoms with Crippen LogP contribution in [-0.2, 0) is 57.4 Å². The third-order valence-corrected chi connectivity index (χ3v) is 3.82. The minimum absolute atomic E-state index is 0.0718. The Morgan fingerprint density at radius 1 is 0.556 bits per heavy atom. The molecule has 0 spiro atoms. The quantitative estimate of drug-likeness (QED) is 0.0684. The van der Waals surface area contributed by atoms with Gasteiger partial charge in [0.25, 0.3) is 0 Å². The van der Waals surface area contributed by atoms with Gasteiger partial charge in [-0.15, -0.1) is 0 Å². The second-order valence-corrected chi connectivity index (χ2v) is 6.73. The van der Waals surface area contributed by atoms with Gasteiger partial charge in [-0.1, -0.05) is 26.0 Å². The highest BCUT2D eigenvalue weighted by atomic mass is 16.7. The van der Waals surface area contributed by atoms with Gasteiger partial charge in [0.1, 0.15) is 26.4 Å². The van der Waals surface area contributed by atoms with E-state index < -0.39 is 37.1 Å². The lowest BCUT2D eigenvalue weighted by Crippen LogP contribution is -2.26. The van der Waals surface area contributed by atoms with Crippen molar-refractivity contribution >= 4 is 35.7 Å². The zero-order valence-corrected chi connectivity index (χ0v) is 20.0. The molecule has 0 aliphatic rings. The van der Waals surface area contributed by atoms with Crippen LogP contribution in [0.2, 0.25) is 0 Å². The maximum absolute atomic E-state index is 11.6. The Kier molecular flexibility index (Phi) is 19.5. The van der Waals surface area contributed by atoms with E-state index in [1.807, 2.05) is 0 Å². The lowest BCUT2D eigenvalue weighted by atomic mass is 10.1. The summed E-state index contributed by atoms with van der Waals surface area (Å²) >= 11 is 0. The molecule has 2 amide bonds. The number of carbonyl (C=O) groups is 6. The van der Waals surface area contributed by atoms with Crippen molar-refractivity contribution in [2.45, 2.75) is 38.5 Å². The average Bonchev–Trinajstić information content (AvgIpc) is 2.87. The molecular weight excluding hydrogens is 484 g/mol. The molecule has 202 valence electrons. The smallest absolute Gasteiger partial charge is 0.344 e. The van der Waals surface area contributed by atoms with Crippen molar-refractivity contribution in [2.75, 3.05) is 39.6 Å². The third kappa shape index (κ3) is 20.8. The molecular formula is C22H32N2O12. The number of hydrogen-bond donors (Lipinski definition) is 2. The van der Waals surface area contributed by atoms with E-state index in [4.69, 9.17) is 19.1 Å². The minimum atomic E-state index is -0.758. The molecule has 0 heterocycles. The van der Waals surface area contributed by atoms with Crippen molar-refractivity contribution in [1.29, 1.82) is 0 Å². The Morgan fingerprint density at radius 2 is 0.944 bits per heavy atom. The predicted octanol–water partition coefficient (Wildman–Crippen LogP) is -0.0326. The molecule has 0 aromatic rings. The maximum Gasteiger partial charge on any atom is 0.344 e. The Labute approximate surface area is 208 Å². The largest absolute Gasteiger partial charge is 0.461 e. The topological polar surface area (TPSA) is 182 Å². The summed E-state index contributed by atoms with van der Waals surface area (Å²) in [6.45, 7) is 4.88. The number of rotatable bonds is 21. The van der Waals surface area contributed by atoms with Crippen molar-refractivity contribution in [1.82, 2.24) is 11.0 Å². The Bertz CT molecular complexity index is 691. The van der Waals surface area contributed by atoms with E-state index in [9.17, 15) is 28.8 Å². The zero-order valence-electron chi connectivity index (χ0n) is 20.0. The van der Waals surface area contributed by atoms with E-state index in [2.05, 4.69) is 33.6 Å². The molecule has 0 unspecified atom stereocenters. The first-order valence-electron chi connectivity index (χ1n) is 11.0. The first-order chi connectivity index (χ1) is 17.3. The fraction of sp³-hybridized carbons (Fsp3) is 0.545. The monoisotopic (exact) mass is 516 g/mol. The summed E-state index contributed by atoms with van der Waals surface area (Å²) in [7, 11) is 0. The molecule has 36 heavy (non-hydrogen) atoms. The molecule has 0 atom stereocenters. The summed E-state index contributed by atoms with van der Waals surface area (Å²) in [5.74, 6) is -3.68. The highest BCUT2D eigenvalue weighted by Crippen LogP contribution is 2.05. The van der Waals surface area contributed by atoms with Gasteiger partial charge < -0.3 is 18.9 Å². The molecule has 0 saturated heterocycles. The standard InChI is InChI=1S/C22H32N2O12/c1-3-19(27)33-15-21(29)31-11-13-35-23-17(25)9-7-5-6-8-10-18(26)24-36-14-12-32-22(30)16-34-20(28)4-2/h3-4H,1-2,5-16H2,(H,23,25)(H,24,26).